The highest BCUT2D eigenvalue weighted by Gasteiger charge is 2.55. The van der Waals surface area contributed by atoms with E-state index in [1.165, 1.54) is 27.9 Å². The van der Waals surface area contributed by atoms with E-state index in [0.717, 1.165) is 62.3 Å². The standard InChI is InChI=1S/C94H154N10O44/c1-59(105)101-82-88(143-68(10)114)85(140-65(7)111)71(53-137-62(4)108)146-91(82)134-37-17-14-23-74(117)95-31-20-34-98-77(120)26-41-131-56-94(104-80(123)29-40-126-45-47-128-49-51-130-52-50-129-48-46-127-44-30-81(124)125-13,57-132-42-27-78(121)99-35-21-32-96-75(118)24-15-18-38-135-92-83(102-60(2)106)89(144-69(11)115)86(141-66(8)112)72(147-92)54-138-63(5)109)58-133-43-28-79(122)100-36-22-33-97-76(119)25-16-19-39-136-93-84(103-61(3)107)90(145-70(12)116)87(142-67(9)113)73(148-93)55-139-64(6)110/h71-73,82-93H,14-58H2,1-13H3,(H,95,117)(H,96,118)(H,97,119)(H,98,120)(H,99,121)(H,100,122)(H,101,105)(H,102,106)(H,103,107)(H,104,123). The van der Waals surface area contributed by atoms with E-state index in [-0.39, 0.29) is 227 Å². The summed E-state index contributed by atoms with van der Waals surface area (Å²) in [5, 5.41) is 27.5. The first-order valence-electron chi connectivity index (χ1n) is 49.3. The number of amides is 10. The van der Waals surface area contributed by atoms with Crippen LogP contribution in [0.25, 0.3) is 0 Å². The minimum absolute atomic E-state index is 0.0266. The Morgan fingerprint density at radius 2 is 0.473 bits per heavy atom. The van der Waals surface area contributed by atoms with Crippen molar-refractivity contribution < 1.29 is 210 Å². The second-order valence-electron chi connectivity index (χ2n) is 34.2. The van der Waals surface area contributed by atoms with Crippen molar-refractivity contribution in [2.24, 2.45) is 0 Å². The first-order chi connectivity index (χ1) is 70.6. The Bertz CT molecular complexity index is 3730. The van der Waals surface area contributed by atoms with Crippen molar-refractivity contribution in [3.8, 4) is 0 Å². The molecule has 15 atom stereocenters. The van der Waals surface area contributed by atoms with E-state index in [2.05, 4.69) is 57.9 Å². The summed E-state index contributed by atoms with van der Waals surface area (Å²) >= 11 is 0. The van der Waals surface area contributed by atoms with Crippen molar-refractivity contribution in [3.63, 3.8) is 0 Å². The number of ether oxygens (including phenoxy) is 24. The maximum atomic E-state index is 14.1. The molecule has 3 rings (SSSR count). The van der Waals surface area contributed by atoms with Crippen LogP contribution in [0.15, 0.2) is 0 Å². The number of hydrogen-bond acceptors (Lipinski definition) is 44. The lowest BCUT2D eigenvalue weighted by Gasteiger charge is -2.44. The van der Waals surface area contributed by atoms with Gasteiger partial charge < -0.3 is 167 Å². The summed E-state index contributed by atoms with van der Waals surface area (Å²) in [6.07, 6.45) is -13.1. The Labute approximate surface area is 859 Å². The number of methoxy groups -OCH3 is 1. The predicted molar refractivity (Wildman–Crippen MR) is 506 cm³/mol. The molecule has 10 amide bonds. The van der Waals surface area contributed by atoms with Gasteiger partial charge in [0.05, 0.1) is 119 Å². The monoisotopic (exact) mass is 2130 g/mol. The summed E-state index contributed by atoms with van der Waals surface area (Å²) in [7, 11) is 1.29. The fraction of sp³-hybridized carbons (Fsp3) is 0.787. The second-order valence-corrected chi connectivity index (χ2v) is 34.2. The summed E-state index contributed by atoms with van der Waals surface area (Å²) in [6.45, 7) is 13.5. The molecule has 3 aliphatic rings. The molecular formula is C94H154N10O44. The minimum atomic E-state index is -1.57. The van der Waals surface area contributed by atoms with E-state index in [9.17, 15) is 95.9 Å². The van der Waals surface area contributed by atoms with Crippen molar-refractivity contribution in [1.29, 1.82) is 0 Å². The van der Waals surface area contributed by atoms with Crippen LogP contribution in [0, 0.1) is 0 Å². The van der Waals surface area contributed by atoms with Crippen LogP contribution in [-0.2, 0) is 210 Å². The van der Waals surface area contributed by atoms with Gasteiger partial charge in [-0.2, -0.15) is 0 Å². The van der Waals surface area contributed by atoms with Gasteiger partial charge in [0.1, 0.15) is 61.8 Å². The van der Waals surface area contributed by atoms with Gasteiger partial charge in [0.15, 0.2) is 55.5 Å². The lowest BCUT2D eigenvalue weighted by molar-refractivity contribution is -0.277. The SMILES string of the molecule is COC(=O)CCOCCOCCOCCOCCOCCC(=O)NC(COCCC(=O)NCCCNC(=O)CCCCOC1OC(COC(C)=O)C(OC(C)=O)C(OC(C)=O)C1NC(C)=O)(COCCC(=O)NCCCNC(=O)CCCCOC1OC(COC(C)=O)C(OC(C)=O)C(OC(C)=O)C1NC(C)=O)COCCC(=O)NCCCNC(=O)CCCCOC1OC(COC(C)=O)C(OC(C)=O)C(OC(C)=O)C1NC(C)=O. The lowest BCUT2D eigenvalue weighted by atomic mass is 9.96. The van der Waals surface area contributed by atoms with E-state index < -0.39 is 212 Å². The zero-order valence-corrected chi connectivity index (χ0v) is 86.9. The third-order valence-corrected chi connectivity index (χ3v) is 21.0. The van der Waals surface area contributed by atoms with Gasteiger partial charge in [0, 0.05) is 187 Å². The van der Waals surface area contributed by atoms with Gasteiger partial charge in [-0.3, -0.25) is 95.9 Å². The van der Waals surface area contributed by atoms with E-state index >= 15 is 0 Å². The van der Waals surface area contributed by atoms with Gasteiger partial charge in [-0.05, 0) is 57.8 Å². The zero-order valence-electron chi connectivity index (χ0n) is 86.9. The molecule has 0 aromatic heterocycles. The van der Waals surface area contributed by atoms with Gasteiger partial charge >= 0.3 is 59.7 Å². The van der Waals surface area contributed by atoms with Crippen LogP contribution in [0.3, 0.4) is 0 Å². The van der Waals surface area contributed by atoms with Crippen LogP contribution >= 0.6 is 0 Å². The lowest BCUT2D eigenvalue weighted by Crippen LogP contribution is -2.66. The van der Waals surface area contributed by atoms with Crippen LogP contribution in [0.4, 0.5) is 0 Å². The number of carbonyl (C=O) groups excluding carboxylic acids is 20. The molecule has 3 aliphatic heterocycles. The van der Waals surface area contributed by atoms with E-state index in [1.54, 1.807) is 0 Å². The Kier molecular flexibility index (Phi) is 68.3. The number of rotatable bonds is 79. The maximum Gasteiger partial charge on any atom is 0.307 e. The minimum Gasteiger partial charge on any atom is -0.469 e. The quantitative estimate of drug-likeness (QED) is 0.0171. The topological polar surface area (TPSA) is 683 Å². The maximum absolute atomic E-state index is 14.1. The second kappa shape index (κ2) is 77.2. The third kappa shape index (κ3) is 61.1. The molecule has 0 aromatic carbocycles. The summed E-state index contributed by atoms with van der Waals surface area (Å²) in [6, 6.07) is -3.55. The van der Waals surface area contributed by atoms with Crippen LogP contribution in [0.1, 0.15) is 192 Å². The normalized spacial score (nSPS) is 20.7. The van der Waals surface area contributed by atoms with Crippen LogP contribution in [0.2, 0.25) is 0 Å². The van der Waals surface area contributed by atoms with E-state index in [1.807, 2.05) is 0 Å². The van der Waals surface area contributed by atoms with Crippen molar-refractivity contribution in [2.75, 3.05) is 192 Å². The third-order valence-electron chi connectivity index (χ3n) is 21.0. The molecule has 3 fully saturated rings. The van der Waals surface area contributed by atoms with Gasteiger partial charge in [0.25, 0.3) is 0 Å². The van der Waals surface area contributed by atoms with Crippen molar-refractivity contribution >= 4 is 119 Å². The Morgan fingerprint density at radius 1 is 0.243 bits per heavy atom. The van der Waals surface area contributed by atoms with Gasteiger partial charge in [-0.15, -0.1) is 0 Å². The first-order valence-corrected chi connectivity index (χ1v) is 49.3. The molecule has 148 heavy (non-hydrogen) atoms. The Balaban J connectivity index is 1.70. The molecule has 15 unspecified atom stereocenters. The van der Waals surface area contributed by atoms with Gasteiger partial charge in [-0.1, -0.05) is 0 Å². The smallest absolute Gasteiger partial charge is 0.307 e. The molecule has 0 saturated carbocycles. The van der Waals surface area contributed by atoms with E-state index in [4.69, 9.17) is 109 Å². The highest BCUT2D eigenvalue weighted by atomic mass is 16.7. The van der Waals surface area contributed by atoms with Crippen LogP contribution in [0.5, 0.6) is 0 Å². The molecule has 54 nitrogen and oxygen atoms in total. The van der Waals surface area contributed by atoms with Gasteiger partial charge in [0.2, 0.25) is 59.1 Å². The van der Waals surface area contributed by atoms with E-state index in [0.29, 0.717) is 71.0 Å². The molecule has 0 radical (unpaired) electrons. The summed E-state index contributed by atoms with van der Waals surface area (Å²) < 4.78 is 135. The average molecular weight is 2130 g/mol. The molecule has 0 spiro atoms. The Hall–Kier alpha value is -11.2. The highest BCUT2D eigenvalue weighted by Crippen LogP contribution is 2.32. The van der Waals surface area contributed by atoms with Crippen molar-refractivity contribution in [3.05, 3.63) is 0 Å². The van der Waals surface area contributed by atoms with Crippen LogP contribution in [-0.4, -0.2) is 408 Å². The molecule has 54 heteroatoms. The Morgan fingerprint density at radius 3 is 0.716 bits per heavy atom. The molecular weight excluding hydrogens is 1970 g/mol. The molecule has 3 saturated heterocycles. The first kappa shape index (κ1) is 131. The number of esters is 10. The fourth-order valence-corrected chi connectivity index (χ4v) is 14.5. The summed E-state index contributed by atoms with van der Waals surface area (Å²) in [5.74, 6) is -11.7. The molecule has 0 bridgehead atoms. The largest absolute Gasteiger partial charge is 0.469 e. The van der Waals surface area contributed by atoms with Crippen molar-refractivity contribution in [2.45, 2.75) is 290 Å². The highest BCUT2D eigenvalue weighted by molar-refractivity contribution is 5.80. The molecule has 844 valence electrons. The molecule has 0 aliphatic carbocycles. The zero-order chi connectivity index (χ0) is 110. The fourth-order valence-electron chi connectivity index (χ4n) is 14.5. The summed E-state index contributed by atoms with van der Waals surface area (Å²) in [4.78, 5) is 250. The molecule has 3 heterocycles. The average Bonchev–Trinajstić information content (AvgIpc) is 0.792. The summed E-state index contributed by atoms with van der Waals surface area (Å²) in [5.41, 5.74) is -1.57. The van der Waals surface area contributed by atoms with Gasteiger partial charge in [-0.25, -0.2) is 0 Å². The van der Waals surface area contributed by atoms with Crippen molar-refractivity contribution in [1.82, 2.24) is 53.2 Å². The number of nitrogens with one attached hydrogen (secondary N) is 10. The number of carbonyl (C=O) groups is 20. The number of hydrogen-bond donors (Lipinski definition) is 10. The van der Waals surface area contributed by atoms with Crippen LogP contribution < -0.4 is 53.2 Å². The predicted octanol–water partition coefficient (Wildman–Crippen LogP) is -2.51. The molecule has 0 aromatic rings. The molecule has 10 N–H and O–H groups in total. The number of unbranched alkanes of at least 4 members (excludes halogenated alkanes) is 3.